The number of halogens is 3. The summed E-state index contributed by atoms with van der Waals surface area (Å²) in [4.78, 5) is 29.5. The van der Waals surface area contributed by atoms with Crippen molar-refractivity contribution >= 4 is 23.5 Å². The monoisotopic (exact) mass is 694 g/mol. The molecule has 278 valence electrons. The van der Waals surface area contributed by atoms with E-state index in [9.17, 15) is 18.0 Å². The molecule has 49 heavy (non-hydrogen) atoms. The molecular formula is C36H61F3N8O2. The lowest BCUT2D eigenvalue weighted by Crippen LogP contribution is -2.45. The Hall–Kier alpha value is -2.93. The highest BCUT2D eigenvalue weighted by molar-refractivity contribution is 5.99. The highest BCUT2D eigenvalue weighted by Crippen LogP contribution is 2.38. The second-order valence-electron chi connectivity index (χ2n) is 14.1. The summed E-state index contributed by atoms with van der Waals surface area (Å²) in [6, 6.07) is 0.989. The molecule has 1 aromatic rings. The Morgan fingerprint density at radius 2 is 1.78 bits per heavy atom. The van der Waals surface area contributed by atoms with Gasteiger partial charge in [-0.05, 0) is 56.3 Å². The molecule has 4 rings (SSSR count). The number of carbonyl (C=O) groups is 1. The van der Waals surface area contributed by atoms with Gasteiger partial charge in [-0.3, -0.25) is 4.79 Å². The summed E-state index contributed by atoms with van der Waals surface area (Å²) in [7, 11) is 0. The van der Waals surface area contributed by atoms with Gasteiger partial charge in [-0.2, -0.15) is 23.1 Å². The van der Waals surface area contributed by atoms with Gasteiger partial charge in [0, 0.05) is 75.8 Å². The van der Waals surface area contributed by atoms with Gasteiger partial charge in [0.05, 0.1) is 6.61 Å². The van der Waals surface area contributed by atoms with E-state index in [1.165, 1.54) is 25.7 Å². The van der Waals surface area contributed by atoms with E-state index < -0.39 is 17.2 Å². The summed E-state index contributed by atoms with van der Waals surface area (Å²) < 4.78 is 47.4. The maximum atomic E-state index is 14.0. The molecule has 1 aromatic heterocycles. The molecular weight excluding hydrogens is 633 g/mol. The molecule has 0 unspecified atom stereocenters. The molecule has 10 nitrogen and oxygen atoms in total. The number of amidine groups is 1. The van der Waals surface area contributed by atoms with Crippen LogP contribution in [0.3, 0.4) is 0 Å². The summed E-state index contributed by atoms with van der Waals surface area (Å²) in [5, 5.41) is 6.45. The molecule has 0 spiro atoms. The molecule has 0 aromatic carbocycles. The zero-order valence-electron chi connectivity index (χ0n) is 30.7. The van der Waals surface area contributed by atoms with Crippen LogP contribution in [0.5, 0.6) is 0 Å². The van der Waals surface area contributed by atoms with Gasteiger partial charge in [-0.1, -0.05) is 54.4 Å². The minimum Gasteiger partial charge on any atom is -0.388 e. The van der Waals surface area contributed by atoms with Crippen molar-refractivity contribution in [3.63, 3.8) is 0 Å². The van der Waals surface area contributed by atoms with Crippen LogP contribution < -0.4 is 16.4 Å². The third-order valence-corrected chi connectivity index (χ3v) is 9.27. The van der Waals surface area contributed by atoms with Gasteiger partial charge in [-0.25, -0.2) is 4.98 Å². The number of hydrogen-bond acceptors (Lipinski definition) is 8. The van der Waals surface area contributed by atoms with Gasteiger partial charge < -0.3 is 30.9 Å². The molecule has 3 aliphatic rings. The van der Waals surface area contributed by atoms with Crippen molar-refractivity contribution in [1.29, 1.82) is 0 Å². The van der Waals surface area contributed by atoms with Crippen LogP contribution in [-0.4, -0.2) is 89.5 Å². The topological polar surface area (TPSA) is 121 Å². The number of nitrogens with one attached hydrogen (secondary N) is 2. The fourth-order valence-electron chi connectivity index (χ4n) is 6.50. The van der Waals surface area contributed by atoms with Crippen molar-refractivity contribution in [2.24, 2.45) is 22.1 Å². The second kappa shape index (κ2) is 19.5. The summed E-state index contributed by atoms with van der Waals surface area (Å²) >= 11 is 0. The Labute approximate surface area is 291 Å². The van der Waals surface area contributed by atoms with E-state index in [4.69, 9.17) is 10.5 Å². The number of anilines is 1. The van der Waals surface area contributed by atoms with Crippen molar-refractivity contribution in [1.82, 2.24) is 25.1 Å². The number of nitrogens with two attached hydrogens (primary N) is 1. The molecule has 13 heteroatoms. The van der Waals surface area contributed by atoms with Gasteiger partial charge in [0.25, 0.3) is 5.95 Å². The number of aliphatic imine (C=N–C) groups is 1. The van der Waals surface area contributed by atoms with E-state index in [1.807, 2.05) is 33.9 Å². The fraction of sp³-hybridized carbons (Fsp3) is 0.778. The second-order valence-corrected chi connectivity index (χ2v) is 14.1. The number of carbonyl (C=O) groups excluding carboxylic acids is 1. The molecule has 3 fully saturated rings. The van der Waals surface area contributed by atoms with E-state index in [1.54, 1.807) is 4.90 Å². The molecule has 1 amide bonds. The number of ether oxygens (including phenoxy) is 1. The van der Waals surface area contributed by atoms with E-state index in [0.717, 1.165) is 50.5 Å². The van der Waals surface area contributed by atoms with Crippen molar-refractivity contribution in [2.75, 3.05) is 51.3 Å². The van der Waals surface area contributed by atoms with E-state index in [-0.39, 0.29) is 36.0 Å². The Morgan fingerprint density at radius 3 is 2.39 bits per heavy atom. The first-order valence-electron chi connectivity index (χ1n) is 18.5. The smallest absolute Gasteiger partial charge is 0.388 e. The number of nitrogens with zero attached hydrogens (tertiary/aromatic N) is 5. The summed E-state index contributed by atoms with van der Waals surface area (Å²) in [6.45, 7) is 16.4. The first-order valence-corrected chi connectivity index (χ1v) is 18.5. The molecule has 0 bridgehead atoms. The van der Waals surface area contributed by atoms with Crippen LogP contribution >= 0.6 is 0 Å². The van der Waals surface area contributed by atoms with Gasteiger partial charge in [0.2, 0.25) is 5.91 Å². The first kappa shape index (κ1) is 40.5. The number of piperidine rings is 1. The van der Waals surface area contributed by atoms with Crippen molar-refractivity contribution in [2.45, 2.75) is 124 Å². The van der Waals surface area contributed by atoms with Gasteiger partial charge in [-0.15, -0.1) is 0 Å². The third kappa shape index (κ3) is 13.0. The van der Waals surface area contributed by atoms with Crippen molar-refractivity contribution in [3.05, 3.63) is 23.5 Å². The Balaban J connectivity index is 0.00000319. The Morgan fingerprint density at radius 1 is 1.10 bits per heavy atom. The average molecular weight is 695 g/mol. The first-order chi connectivity index (χ1) is 23.4. The maximum absolute atomic E-state index is 14.0. The minimum atomic E-state index is -4.66. The number of rotatable bonds is 15. The number of likely N-dealkylation sites (tertiary alicyclic amines) is 1. The quantitative estimate of drug-likeness (QED) is 0.134. The highest BCUT2D eigenvalue weighted by atomic mass is 19.4. The van der Waals surface area contributed by atoms with E-state index >= 15 is 0 Å². The lowest BCUT2D eigenvalue weighted by Gasteiger charge is -2.38. The summed E-state index contributed by atoms with van der Waals surface area (Å²) in [5.41, 5.74) is 5.77. The lowest BCUT2D eigenvalue weighted by atomic mass is 9.92. The molecule has 1 aliphatic carbocycles. The fourth-order valence-corrected chi connectivity index (χ4v) is 6.50. The highest BCUT2D eigenvalue weighted by Gasteiger charge is 2.36. The third-order valence-electron chi connectivity index (χ3n) is 9.27. The van der Waals surface area contributed by atoms with Crippen LogP contribution in [0.1, 0.15) is 111 Å². The Bertz CT molecular complexity index is 1220. The SMILES string of the molecule is CC.CCCC(CCC)N1CCC(N/C=C(\C(N)=N\c2ncc(C(F)(F)F)c(NCC(C)(C)CN3CCOCCCC3=O)n2)C2CC2)CC1. The van der Waals surface area contributed by atoms with E-state index in [2.05, 4.69) is 44.3 Å². The molecule has 1 saturated carbocycles. The Kier molecular flexibility index (Phi) is 16.1. The van der Waals surface area contributed by atoms with Crippen LogP contribution in [0.15, 0.2) is 23.0 Å². The predicted molar refractivity (Wildman–Crippen MR) is 191 cm³/mol. The standard InChI is InChI=1S/C34H55F3N8O2.C2H6/c1-5-8-26(9-6-2)44-15-13-25(14-16-44)39-20-27(24-11-12-24)30(38)42-32-40-21-28(34(35,36)37)31(43-32)41-22-33(3,4)23-45-17-19-47-18-7-10-29(45)46;1-2/h20-21,24-26,39H,5-19,22-23H2,1-4H3,(H3,38,40,41,42,43);1-2H3/b27-20-;. The number of aromatic nitrogens is 2. The predicted octanol–water partition coefficient (Wildman–Crippen LogP) is 6.90. The molecule has 3 heterocycles. The molecule has 4 N–H and O–H groups in total. The summed E-state index contributed by atoms with van der Waals surface area (Å²) in [6.07, 6.45) is 8.02. The normalized spacial score (nSPS) is 19.3. The number of amides is 1. The van der Waals surface area contributed by atoms with Gasteiger partial charge in [0.1, 0.15) is 17.2 Å². The van der Waals surface area contributed by atoms with Gasteiger partial charge in [0.15, 0.2) is 0 Å². The molecule has 2 aliphatic heterocycles. The molecule has 0 radical (unpaired) electrons. The lowest BCUT2D eigenvalue weighted by molar-refractivity contribution is -0.137. The largest absolute Gasteiger partial charge is 0.421 e. The van der Waals surface area contributed by atoms with Crippen LogP contribution in [0.4, 0.5) is 24.9 Å². The van der Waals surface area contributed by atoms with Crippen LogP contribution in [0.2, 0.25) is 0 Å². The number of hydrogen-bond donors (Lipinski definition) is 3. The average Bonchev–Trinajstić information content (AvgIpc) is 3.90. The molecule has 2 saturated heterocycles. The maximum Gasteiger partial charge on any atom is 0.421 e. The van der Waals surface area contributed by atoms with Crippen LogP contribution in [-0.2, 0) is 15.7 Å². The van der Waals surface area contributed by atoms with E-state index in [0.29, 0.717) is 51.2 Å². The van der Waals surface area contributed by atoms with Gasteiger partial charge >= 0.3 is 6.18 Å². The van der Waals surface area contributed by atoms with Crippen LogP contribution in [0.25, 0.3) is 0 Å². The zero-order valence-corrected chi connectivity index (χ0v) is 30.7. The van der Waals surface area contributed by atoms with Crippen molar-refractivity contribution in [3.8, 4) is 0 Å². The molecule has 0 atom stereocenters. The minimum absolute atomic E-state index is 0.0264. The zero-order chi connectivity index (χ0) is 36.0. The van der Waals surface area contributed by atoms with Crippen molar-refractivity contribution < 1.29 is 22.7 Å². The van der Waals surface area contributed by atoms with Crippen LogP contribution in [0, 0.1) is 11.3 Å². The summed E-state index contributed by atoms with van der Waals surface area (Å²) in [5.74, 6) is 0.00486. The number of alkyl halides is 3.